The quantitative estimate of drug-likeness (QED) is 0.0588. The molecule has 10 rings (SSSR count). The van der Waals surface area contributed by atoms with Gasteiger partial charge in [-0.3, -0.25) is 0 Å². The number of rotatable bonds is 18. The van der Waals surface area contributed by atoms with Crippen molar-refractivity contribution in [3.05, 3.63) is 251 Å². The first kappa shape index (κ1) is 51.6. The number of carbonyl (C=O) groups is 4. The van der Waals surface area contributed by atoms with Gasteiger partial charge in [-0.25, -0.2) is 19.2 Å². The molecule has 0 saturated carbocycles. The Kier molecular flexibility index (Phi) is 17.1. The van der Waals surface area contributed by atoms with Crippen LogP contribution in [0.4, 0.5) is 0 Å². The molecule has 0 aromatic heterocycles. The van der Waals surface area contributed by atoms with E-state index in [-0.39, 0.29) is 42.1 Å². The van der Waals surface area contributed by atoms with Gasteiger partial charge in [0.05, 0.1) is 42.1 Å². The first-order chi connectivity index (χ1) is 37.3. The lowest BCUT2D eigenvalue weighted by atomic mass is 9.95. The molecular formula is C61H54O15. The summed E-state index contributed by atoms with van der Waals surface area (Å²) in [5, 5.41) is 0. The van der Waals surface area contributed by atoms with Gasteiger partial charge in [-0.05, 0) is 59.7 Å². The second-order valence-corrected chi connectivity index (χ2v) is 18.1. The highest BCUT2D eigenvalue weighted by molar-refractivity contribution is 5.91. The highest BCUT2D eigenvalue weighted by atomic mass is 16.8. The predicted octanol–water partition coefficient (Wildman–Crippen LogP) is 9.27. The molecule has 3 saturated heterocycles. The zero-order chi connectivity index (χ0) is 52.1. The number of hydrogen-bond acceptors (Lipinski definition) is 15. The molecule has 15 heteroatoms. The standard InChI is InChI=1S/C61H54O15/c62-55(42-26-12-3-13-27-42)67-38-47-49(72-56(63)43-28-14-4-15-29-43)52(73-57(64)44-30-16-5-17-31-44)54(74-58(65)45-32-18-6-19-33-45)61(71-47)76-51-50-48(39-69-59(75-50)46-34-20-7-21-35-46)70-60(68-37-41-24-10-2-11-25-41)53(51)66-36-40-22-8-1-9-23-40/h1-35,47-54,59-61H,36-39H2/t47-,48-,49-,50+,51+,52+,53-,54-,59?,60-,61+/m1/s1. The molecule has 3 heterocycles. The number of benzene rings is 7. The molecule has 7 aromatic rings. The molecule has 0 aliphatic carbocycles. The van der Waals surface area contributed by atoms with E-state index in [1.54, 1.807) is 121 Å². The SMILES string of the molecule is O=C(OC[C@H]1O[C@@H](O[C@H]2[C@H]3OC(c4ccccc4)OC[C@H]3O[C@@H](OCc3ccccc3)[C@@H]2OCc2ccccc2)[C@H](OC(=O)c2ccccc2)[C@@H](OC(=O)c2ccccc2)[C@@H]1OC(=O)c1ccccc1)c1ccccc1. The molecule has 0 amide bonds. The molecule has 15 nitrogen and oxygen atoms in total. The first-order valence-corrected chi connectivity index (χ1v) is 24.9. The van der Waals surface area contributed by atoms with E-state index in [0.29, 0.717) is 5.56 Å². The van der Waals surface area contributed by atoms with E-state index in [9.17, 15) is 19.2 Å². The van der Waals surface area contributed by atoms with Crippen molar-refractivity contribution in [1.82, 2.24) is 0 Å². The van der Waals surface area contributed by atoms with Crippen LogP contribution in [0.25, 0.3) is 0 Å². The minimum atomic E-state index is -1.73. The Bertz CT molecular complexity index is 2950. The van der Waals surface area contributed by atoms with Crippen LogP contribution in [0.5, 0.6) is 0 Å². The van der Waals surface area contributed by atoms with Crippen molar-refractivity contribution < 1.29 is 71.3 Å². The van der Waals surface area contributed by atoms with Gasteiger partial charge >= 0.3 is 23.9 Å². The molecule has 76 heavy (non-hydrogen) atoms. The van der Waals surface area contributed by atoms with Crippen LogP contribution in [0.15, 0.2) is 212 Å². The summed E-state index contributed by atoms with van der Waals surface area (Å²) in [4.78, 5) is 57.0. The zero-order valence-corrected chi connectivity index (χ0v) is 41.0. The molecular weight excluding hydrogens is 973 g/mol. The van der Waals surface area contributed by atoms with Crippen LogP contribution in [0, 0.1) is 0 Å². The van der Waals surface area contributed by atoms with Crippen molar-refractivity contribution in [2.75, 3.05) is 13.2 Å². The van der Waals surface area contributed by atoms with Crippen LogP contribution in [0.3, 0.4) is 0 Å². The van der Waals surface area contributed by atoms with Crippen molar-refractivity contribution in [1.29, 1.82) is 0 Å². The van der Waals surface area contributed by atoms with E-state index in [4.69, 9.17) is 52.1 Å². The van der Waals surface area contributed by atoms with Gasteiger partial charge in [0, 0.05) is 5.56 Å². The average molecular weight is 1030 g/mol. The van der Waals surface area contributed by atoms with E-state index in [0.717, 1.165) is 11.1 Å². The second-order valence-electron chi connectivity index (χ2n) is 18.1. The molecule has 11 atom stereocenters. The van der Waals surface area contributed by atoms with E-state index < -0.39 is 98.2 Å². The number of ether oxygens (including phenoxy) is 11. The average Bonchev–Trinajstić information content (AvgIpc) is 3.49. The largest absolute Gasteiger partial charge is 0.459 e. The number of hydrogen-bond donors (Lipinski definition) is 0. The third-order valence-corrected chi connectivity index (χ3v) is 12.9. The summed E-state index contributed by atoms with van der Waals surface area (Å²) in [5.74, 6) is -3.30. The summed E-state index contributed by atoms with van der Waals surface area (Å²) >= 11 is 0. The van der Waals surface area contributed by atoms with E-state index >= 15 is 0 Å². The Hall–Kier alpha value is -7.86. The molecule has 3 aliphatic heterocycles. The van der Waals surface area contributed by atoms with Gasteiger partial charge in [-0.2, -0.15) is 0 Å². The number of esters is 4. The van der Waals surface area contributed by atoms with Gasteiger partial charge in [0.2, 0.25) is 0 Å². The summed E-state index contributed by atoms with van der Waals surface area (Å²) in [7, 11) is 0. The highest BCUT2D eigenvalue weighted by Gasteiger charge is 2.58. The Balaban J connectivity index is 1.09. The lowest BCUT2D eigenvalue weighted by molar-refractivity contribution is -0.397. The van der Waals surface area contributed by atoms with Gasteiger partial charge in [0.15, 0.2) is 37.2 Å². The third-order valence-electron chi connectivity index (χ3n) is 12.9. The minimum absolute atomic E-state index is 0.0194. The Morgan fingerprint density at radius 3 is 1.36 bits per heavy atom. The van der Waals surface area contributed by atoms with Crippen LogP contribution in [-0.2, 0) is 65.3 Å². The molecule has 3 aliphatic rings. The maximum Gasteiger partial charge on any atom is 0.338 e. The molecule has 0 bridgehead atoms. The summed E-state index contributed by atoms with van der Waals surface area (Å²) in [5.41, 5.74) is 3.01. The lowest BCUT2D eigenvalue weighted by Gasteiger charge is -2.51. The van der Waals surface area contributed by atoms with Crippen molar-refractivity contribution in [2.45, 2.75) is 80.9 Å². The molecule has 0 N–H and O–H groups in total. The number of fused-ring (bicyclic) bond motifs is 1. The van der Waals surface area contributed by atoms with Crippen molar-refractivity contribution in [2.24, 2.45) is 0 Å². The molecule has 388 valence electrons. The fourth-order valence-electron chi connectivity index (χ4n) is 9.10. The van der Waals surface area contributed by atoms with Crippen LogP contribution >= 0.6 is 0 Å². The third kappa shape index (κ3) is 12.8. The topological polar surface area (TPSA) is 170 Å². The Morgan fingerprint density at radius 1 is 0.408 bits per heavy atom. The van der Waals surface area contributed by atoms with Crippen LogP contribution in [-0.4, -0.2) is 98.5 Å². The van der Waals surface area contributed by atoms with Crippen molar-refractivity contribution in [3.63, 3.8) is 0 Å². The van der Waals surface area contributed by atoms with Gasteiger partial charge in [0.25, 0.3) is 0 Å². The summed E-state index contributed by atoms with van der Waals surface area (Å²) < 4.78 is 72.6. The Labute approximate surface area is 439 Å². The van der Waals surface area contributed by atoms with Gasteiger partial charge < -0.3 is 52.1 Å². The Morgan fingerprint density at radius 2 is 0.842 bits per heavy atom. The van der Waals surface area contributed by atoms with E-state index in [2.05, 4.69) is 0 Å². The lowest BCUT2D eigenvalue weighted by Crippen LogP contribution is -2.68. The maximum absolute atomic E-state index is 14.5. The van der Waals surface area contributed by atoms with E-state index in [1.807, 2.05) is 91.0 Å². The van der Waals surface area contributed by atoms with Gasteiger partial charge in [0.1, 0.15) is 37.1 Å². The minimum Gasteiger partial charge on any atom is -0.459 e. The fraction of sp³-hybridized carbons (Fsp3) is 0.246. The molecule has 7 aromatic carbocycles. The second kappa shape index (κ2) is 25.1. The molecule has 3 fully saturated rings. The normalized spacial score (nSPS) is 25.0. The van der Waals surface area contributed by atoms with Crippen LogP contribution < -0.4 is 0 Å². The highest BCUT2D eigenvalue weighted by Crippen LogP contribution is 2.40. The van der Waals surface area contributed by atoms with Gasteiger partial charge in [-0.1, -0.05) is 164 Å². The van der Waals surface area contributed by atoms with Crippen molar-refractivity contribution >= 4 is 23.9 Å². The zero-order valence-electron chi connectivity index (χ0n) is 41.0. The van der Waals surface area contributed by atoms with Crippen LogP contribution in [0.2, 0.25) is 0 Å². The van der Waals surface area contributed by atoms with Gasteiger partial charge in [-0.15, -0.1) is 0 Å². The molecule has 0 spiro atoms. The number of carbonyl (C=O) groups excluding carboxylic acids is 4. The first-order valence-electron chi connectivity index (χ1n) is 24.9. The van der Waals surface area contributed by atoms with Crippen molar-refractivity contribution in [3.8, 4) is 0 Å². The maximum atomic E-state index is 14.5. The smallest absolute Gasteiger partial charge is 0.338 e. The van der Waals surface area contributed by atoms with E-state index in [1.165, 1.54) is 0 Å². The molecule has 0 radical (unpaired) electrons. The monoisotopic (exact) mass is 1030 g/mol. The summed E-state index contributed by atoms with van der Waals surface area (Å²) in [6.45, 7) is -0.393. The molecule has 1 unspecified atom stereocenters. The predicted molar refractivity (Wildman–Crippen MR) is 272 cm³/mol. The summed E-state index contributed by atoms with van der Waals surface area (Å²) in [6, 6.07) is 61.1. The fourth-order valence-corrected chi connectivity index (χ4v) is 9.10. The summed E-state index contributed by atoms with van der Waals surface area (Å²) in [6.07, 6.45) is -14.5. The van der Waals surface area contributed by atoms with Crippen LogP contribution in [0.1, 0.15) is 64.4 Å².